The summed E-state index contributed by atoms with van der Waals surface area (Å²) in [5.74, 6) is 1.17. The summed E-state index contributed by atoms with van der Waals surface area (Å²) in [5, 5.41) is 8.09. The van der Waals surface area contributed by atoms with E-state index in [-0.39, 0.29) is 17.7 Å². The standard InChI is InChI=1S/C24H34N4O3/c1-16-11-17(2)14-28(13-16)15-19-5-3-18(4-6-19)12-25-21(29)20-7-9-24(10-8-20)22(30)26-23(31)27-24/h3-6,16-17,20H,7-15H2,1-2H3,(H,25,29)(H2,26,27,30,31). The molecule has 4 amide bonds. The van der Waals surface area contributed by atoms with Gasteiger partial charge in [0.1, 0.15) is 5.54 Å². The average Bonchev–Trinajstić information content (AvgIpc) is 2.99. The fourth-order valence-corrected chi connectivity index (χ4v) is 5.53. The highest BCUT2D eigenvalue weighted by atomic mass is 16.2. The highest BCUT2D eigenvalue weighted by molar-refractivity contribution is 6.07. The molecule has 4 rings (SSSR count). The first-order valence-corrected chi connectivity index (χ1v) is 11.5. The van der Waals surface area contributed by atoms with Crippen LogP contribution in [-0.2, 0) is 22.7 Å². The molecule has 2 aliphatic heterocycles. The van der Waals surface area contributed by atoms with E-state index in [2.05, 4.69) is 59.0 Å². The van der Waals surface area contributed by atoms with E-state index < -0.39 is 11.6 Å². The van der Waals surface area contributed by atoms with E-state index in [9.17, 15) is 14.4 Å². The van der Waals surface area contributed by atoms with Crippen molar-refractivity contribution in [1.82, 2.24) is 20.9 Å². The van der Waals surface area contributed by atoms with Crippen LogP contribution in [0.15, 0.2) is 24.3 Å². The van der Waals surface area contributed by atoms with Gasteiger partial charge in [-0.1, -0.05) is 38.1 Å². The predicted octanol–water partition coefficient (Wildman–Crippen LogP) is 2.55. The Bertz CT molecular complexity index is 820. The quantitative estimate of drug-likeness (QED) is 0.631. The number of piperidine rings is 1. The lowest BCUT2D eigenvalue weighted by molar-refractivity contribution is -0.130. The largest absolute Gasteiger partial charge is 0.352 e. The van der Waals surface area contributed by atoms with Crippen molar-refractivity contribution in [2.75, 3.05) is 13.1 Å². The van der Waals surface area contributed by atoms with Crippen molar-refractivity contribution in [3.05, 3.63) is 35.4 Å². The zero-order valence-electron chi connectivity index (χ0n) is 18.6. The van der Waals surface area contributed by atoms with Gasteiger partial charge in [0.2, 0.25) is 5.91 Å². The molecule has 31 heavy (non-hydrogen) atoms. The second-order valence-electron chi connectivity index (χ2n) is 9.94. The van der Waals surface area contributed by atoms with Crippen LogP contribution in [-0.4, -0.2) is 41.4 Å². The molecule has 0 aromatic heterocycles. The monoisotopic (exact) mass is 426 g/mol. The molecule has 1 spiro atoms. The molecule has 3 N–H and O–H groups in total. The Hall–Kier alpha value is -2.41. The van der Waals surface area contributed by atoms with Crippen LogP contribution in [0.1, 0.15) is 57.1 Å². The molecule has 1 aliphatic carbocycles. The van der Waals surface area contributed by atoms with Crippen molar-refractivity contribution >= 4 is 17.8 Å². The molecule has 2 atom stereocenters. The number of likely N-dealkylation sites (tertiary alicyclic amines) is 1. The normalized spacial score (nSPS) is 31.4. The average molecular weight is 427 g/mol. The summed E-state index contributed by atoms with van der Waals surface area (Å²) >= 11 is 0. The summed E-state index contributed by atoms with van der Waals surface area (Å²) in [6.45, 7) is 8.48. The Morgan fingerprint density at radius 2 is 1.68 bits per heavy atom. The first-order chi connectivity index (χ1) is 14.8. The Kier molecular flexibility index (Phi) is 6.32. The van der Waals surface area contributed by atoms with Crippen LogP contribution < -0.4 is 16.0 Å². The molecule has 1 aromatic carbocycles. The van der Waals surface area contributed by atoms with Gasteiger partial charge in [0.05, 0.1) is 0 Å². The number of hydrogen-bond acceptors (Lipinski definition) is 4. The van der Waals surface area contributed by atoms with Gasteiger partial charge in [-0.3, -0.25) is 19.8 Å². The van der Waals surface area contributed by atoms with Gasteiger partial charge in [0.15, 0.2) is 0 Å². The predicted molar refractivity (Wildman–Crippen MR) is 118 cm³/mol. The van der Waals surface area contributed by atoms with Crippen LogP contribution >= 0.6 is 0 Å². The van der Waals surface area contributed by atoms with Crippen molar-refractivity contribution in [2.24, 2.45) is 17.8 Å². The lowest BCUT2D eigenvalue weighted by Gasteiger charge is -2.35. The summed E-state index contributed by atoms with van der Waals surface area (Å²) in [6, 6.07) is 8.09. The van der Waals surface area contributed by atoms with Gasteiger partial charge in [-0.15, -0.1) is 0 Å². The summed E-state index contributed by atoms with van der Waals surface area (Å²) in [5.41, 5.74) is 1.59. The molecule has 7 nitrogen and oxygen atoms in total. The topological polar surface area (TPSA) is 90.5 Å². The van der Waals surface area contributed by atoms with Crippen molar-refractivity contribution in [3.63, 3.8) is 0 Å². The van der Waals surface area contributed by atoms with Gasteiger partial charge in [-0.2, -0.15) is 0 Å². The molecular weight excluding hydrogens is 392 g/mol. The van der Waals surface area contributed by atoms with Crippen molar-refractivity contribution < 1.29 is 14.4 Å². The lowest BCUT2D eigenvalue weighted by Crippen LogP contribution is -2.50. The van der Waals surface area contributed by atoms with Crippen molar-refractivity contribution in [1.29, 1.82) is 0 Å². The zero-order chi connectivity index (χ0) is 22.0. The number of hydrogen-bond donors (Lipinski definition) is 3. The molecule has 2 unspecified atom stereocenters. The maximum absolute atomic E-state index is 12.6. The SMILES string of the molecule is CC1CC(C)CN(Cc2ccc(CNC(=O)C3CCC4(CC3)NC(=O)NC4=O)cc2)C1. The minimum atomic E-state index is -0.812. The van der Waals surface area contributed by atoms with E-state index in [1.54, 1.807) is 0 Å². The molecule has 7 heteroatoms. The van der Waals surface area contributed by atoms with E-state index in [0.717, 1.165) is 37.0 Å². The van der Waals surface area contributed by atoms with Gasteiger partial charge in [0.25, 0.3) is 5.91 Å². The molecule has 1 aromatic rings. The Morgan fingerprint density at radius 3 is 2.26 bits per heavy atom. The van der Waals surface area contributed by atoms with Gasteiger partial charge in [0, 0.05) is 32.1 Å². The number of rotatable bonds is 5. The highest BCUT2D eigenvalue weighted by Crippen LogP contribution is 2.34. The number of amides is 4. The third-order valence-electron chi connectivity index (χ3n) is 7.06. The summed E-state index contributed by atoms with van der Waals surface area (Å²) < 4.78 is 0. The molecule has 0 bridgehead atoms. The molecule has 3 aliphatic rings. The Labute approximate surface area is 184 Å². The van der Waals surface area contributed by atoms with Crippen LogP contribution in [0.4, 0.5) is 4.79 Å². The lowest BCUT2D eigenvalue weighted by atomic mass is 9.76. The summed E-state index contributed by atoms with van der Waals surface area (Å²) in [4.78, 5) is 38.6. The van der Waals surface area contributed by atoms with Crippen molar-refractivity contribution in [2.45, 2.75) is 64.6 Å². The number of benzene rings is 1. The second kappa shape index (κ2) is 8.99. The molecule has 3 fully saturated rings. The fourth-order valence-electron chi connectivity index (χ4n) is 5.53. The highest BCUT2D eigenvalue weighted by Gasteiger charge is 2.48. The molecular formula is C24H34N4O3. The number of imide groups is 1. The Morgan fingerprint density at radius 1 is 1.06 bits per heavy atom. The maximum atomic E-state index is 12.6. The maximum Gasteiger partial charge on any atom is 0.322 e. The van der Waals surface area contributed by atoms with Crippen LogP contribution in [0.3, 0.4) is 0 Å². The van der Waals surface area contributed by atoms with Crippen LogP contribution in [0.2, 0.25) is 0 Å². The van der Waals surface area contributed by atoms with E-state index in [0.29, 0.717) is 32.2 Å². The summed E-state index contributed by atoms with van der Waals surface area (Å²) in [7, 11) is 0. The third-order valence-corrected chi connectivity index (χ3v) is 7.06. The summed E-state index contributed by atoms with van der Waals surface area (Å²) in [6.07, 6.45) is 3.53. The number of carbonyl (C=O) groups excluding carboxylic acids is 3. The van der Waals surface area contributed by atoms with E-state index in [1.165, 1.54) is 12.0 Å². The molecule has 2 heterocycles. The first kappa shape index (κ1) is 21.8. The van der Waals surface area contributed by atoms with Crippen LogP contribution in [0, 0.1) is 17.8 Å². The van der Waals surface area contributed by atoms with E-state index in [4.69, 9.17) is 0 Å². The molecule has 0 radical (unpaired) electrons. The number of urea groups is 1. The third kappa shape index (κ3) is 5.09. The molecule has 2 saturated heterocycles. The zero-order valence-corrected chi connectivity index (χ0v) is 18.6. The number of nitrogens with one attached hydrogen (secondary N) is 3. The van der Waals surface area contributed by atoms with Gasteiger partial charge in [-0.05, 0) is 55.1 Å². The molecule has 168 valence electrons. The Balaban J connectivity index is 1.23. The van der Waals surface area contributed by atoms with Crippen molar-refractivity contribution in [3.8, 4) is 0 Å². The first-order valence-electron chi connectivity index (χ1n) is 11.5. The van der Waals surface area contributed by atoms with Crippen LogP contribution in [0.5, 0.6) is 0 Å². The fraction of sp³-hybridized carbons (Fsp3) is 0.625. The number of carbonyl (C=O) groups is 3. The smallest absolute Gasteiger partial charge is 0.322 e. The van der Waals surface area contributed by atoms with E-state index in [1.807, 2.05) is 0 Å². The van der Waals surface area contributed by atoms with Gasteiger partial charge >= 0.3 is 6.03 Å². The minimum Gasteiger partial charge on any atom is -0.352 e. The van der Waals surface area contributed by atoms with Crippen LogP contribution in [0.25, 0.3) is 0 Å². The number of nitrogens with zero attached hydrogens (tertiary/aromatic N) is 1. The molecule has 1 saturated carbocycles. The van der Waals surface area contributed by atoms with E-state index >= 15 is 0 Å². The minimum absolute atomic E-state index is 0.0277. The van der Waals surface area contributed by atoms with Gasteiger partial charge in [-0.25, -0.2) is 4.79 Å². The second-order valence-corrected chi connectivity index (χ2v) is 9.94. The van der Waals surface area contributed by atoms with Gasteiger partial charge < -0.3 is 10.6 Å².